The van der Waals surface area contributed by atoms with E-state index in [-0.39, 0.29) is 17.1 Å². The van der Waals surface area contributed by atoms with Gasteiger partial charge < -0.3 is 5.73 Å². The Labute approximate surface area is 111 Å². The number of anilines is 2. The van der Waals surface area contributed by atoms with Gasteiger partial charge in [0.15, 0.2) is 5.13 Å². The van der Waals surface area contributed by atoms with Crippen molar-refractivity contribution in [2.45, 2.75) is 6.92 Å². The summed E-state index contributed by atoms with van der Waals surface area (Å²) in [5, 5.41) is 13.5. The minimum atomic E-state index is -0.642. The third-order valence-electron chi connectivity index (χ3n) is 2.20. The highest BCUT2D eigenvalue weighted by Crippen LogP contribution is 2.21. The predicted octanol–water partition coefficient (Wildman–Crippen LogP) is 1.59. The Morgan fingerprint density at radius 3 is 2.79 bits per heavy atom. The number of nitrogen functional groups attached to an aromatic ring is 1. The highest BCUT2D eigenvalue weighted by atomic mass is 32.1. The summed E-state index contributed by atoms with van der Waals surface area (Å²) in [6.07, 6.45) is 2.61. The number of thiazole rings is 1. The number of hydrogen-bond acceptors (Lipinski definition) is 7. The molecule has 0 radical (unpaired) electrons. The van der Waals surface area contributed by atoms with Crippen LogP contribution in [0, 0.1) is 17.0 Å². The Morgan fingerprint density at radius 1 is 1.47 bits per heavy atom. The second-order valence-corrected chi connectivity index (χ2v) is 4.85. The number of hydrogen-bond donors (Lipinski definition) is 2. The van der Waals surface area contributed by atoms with Gasteiger partial charge in [-0.05, 0) is 6.92 Å². The maximum atomic E-state index is 11.9. The second kappa shape index (κ2) is 4.98. The normalized spacial score (nSPS) is 10.2. The Balaban J connectivity index is 2.27. The van der Waals surface area contributed by atoms with E-state index < -0.39 is 10.8 Å². The predicted molar refractivity (Wildman–Crippen MR) is 70.1 cm³/mol. The van der Waals surface area contributed by atoms with Crippen molar-refractivity contribution in [2.24, 2.45) is 0 Å². The highest BCUT2D eigenvalue weighted by molar-refractivity contribution is 7.15. The van der Waals surface area contributed by atoms with Crippen molar-refractivity contribution >= 4 is 33.9 Å². The van der Waals surface area contributed by atoms with E-state index in [4.69, 9.17) is 5.73 Å². The number of aryl methyl sites for hydroxylation is 1. The molecule has 0 fully saturated rings. The zero-order chi connectivity index (χ0) is 14.0. The molecule has 0 bridgehead atoms. The molecule has 2 aromatic rings. The molecule has 0 aliphatic rings. The lowest BCUT2D eigenvalue weighted by Gasteiger charge is -2.04. The van der Waals surface area contributed by atoms with Gasteiger partial charge in [-0.15, -0.1) is 11.3 Å². The van der Waals surface area contributed by atoms with Crippen LogP contribution >= 0.6 is 11.3 Å². The molecular weight excluding hydrogens is 270 g/mol. The average Bonchev–Trinajstić information content (AvgIpc) is 2.74. The molecule has 0 saturated carbocycles. The molecule has 8 nitrogen and oxygen atoms in total. The molecule has 0 atom stereocenters. The lowest BCUT2D eigenvalue weighted by molar-refractivity contribution is -0.385. The van der Waals surface area contributed by atoms with Crippen LogP contribution < -0.4 is 11.1 Å². The fourth-order valence-electron chi connectivity index (χ4n) is 1.32. The Hall–Kier alpha value is -2.55. The van der Waals surface area contributed by atoms with E-state index in [0.717, 1.165) is 17.1 Å². The molecule has 98 valence electrons. The van der Waals surface area contributed by atoms with E-state index in [2.05, 4.69) is 15.3 Å². The highest BCUT2D eigenvalue weighted by Gasteiger charge is 2.17. The lowest BCUT2D eigenvalue weighted by atomic mass is 10.2. The summed E-state index contributed by atoms with van der Waals surface area (Å²) in [6, 6.07) is 1.08. The first kappa shape index (κ1) is 12.9. The fourth-order valence-corrected chi connectivity index (χ4v) is 1.98. The number of aromatic nitrogens is 2. The summed E-state index contributed by atoms with van der Waals surface area (Å²) < 4.78 is 0. The van der Waals surface area contributed by atoms with Gasteiger partial charge in [0, 0.05) is 17.1 Å². The molecule has 0 spiro atoms. The number of carbonyl (C=O) groups excluding carboxylic acids is 1. The van der Waals surface area contributed by atoms with Gasteiger partial charge in [0.05, 0.1) is 10.5 Å². The topological polar surface area (TPSA) is 124 Å². The summed E-state index contributed by atoms with van der Waals surface area (Å²) in [6.45, 7) is 1.84. The van der Waals surface area contributed by atoms with E-state index in [1.807, 2.05) is 6.92 Å². The molecular formula is C10H9N5O3S. The van der Waals surface area contributed by atoms with Gasteiger partial charge in [0.1, 0.15) is 12.0 Å². The zero-order valence-corrected chi connectivity index (χ0v) is 10.6. The summed E-state index contributed by atoms with van der Waals surface area (Å²) >= 11 is 1.29. The molecule has 1 amide bonds. The number of carbonyl (C=O) groups is 1. The maximum Gasteiger partial charge on any atom is 0.288 e. The molecule has 19 heavy (non-hydrogen) atoms. The van der Waals surface area contributed by atoms with Crippen LogP contribution in [0.3, 0.4) is 0 Å². The number of pyridine rings is 1. The number of rotatable bonds is 3. The Bertz CT molecular complexity index is 654. The van der Waals surface area contributed by atoms with Gasteiger partial charge in [-0.1, -0.05) is 0 Å². The molecule has 2 aromatic heterocycles. The van der Waals surface area contributed by atoms with Crippen molar-refractivity contribution in [2.75, 3.05) is 11.1 Å². The van der Waals surface area contributed by atoms with Crippen LogP contribution in [0.1, 0.15) is 15.2 Å². The number of nitrogens with zero attached hydrogens (tertiary/aromatic N) is 3. The largest absolute Gasteiger partial charge is 0.383 e. The van der Waals surface area contributed by atoms with Crippen molar-refractivity contribution in [1.82, 2.24) is 9.97 Å². The third-order valence-corrected chi connectivity index (χ3v) is 3.03. The molecule has 0 saturated heterocycles. The Kier molecular flexibility index (Phi) is 3.38. The zero-order valence-electron chi connectivity index (χ0n) is 9.78. The first-order valence-electron chi connectivity index (χ1n) is 5.11. The third kappa shape index (κ3) is 2.83. The van der Waals surface area contributed by atoms with Crippen molar-refractivity contribution in [3.63, 3.8) is 0 Å². The van der Waals surface area contributed by atoms with E-state index in [9.17, 15) is 14.9 Å². The molecule has 9 heteroatoms. The van der Waals surface area contributed by atoms with Gasteiger partial charge in [-0.25, -0.2) is 9.97 Å². The Morgan fingerprint density at radius 2 is 2.21 bits per heavy atom. The number of nitrogens with one attached hydrogen (secondary N) is 1. The second-order valence-electron chi connectivity index (χ2n) is 3.61. The van der Waals surface area contributed by atoms with E-state index >= 15 is 0 Å². The number of nitrogens with two attached hydrogens (primary N) is 1. The lowest BCUT2D eigenvalue weighted by Crippen LogP contribution is -2.15. The van der Waals surface area contributed by atoms with Gasteiger partial charge >= 0.3 is 0 Å². The number of amides is 1. The number of nitro groups is 1. The van der Waals surface area contributed by atoms with Crippen LogP contribution in [0.5, 0.6) is 0 Å². The standard InChI is InChI=1S/C10H9N5O3S/c1-5-3-13-10(19-5)14-9(16)7-2-6(15(17)18)4-12-8(7)11/h2-4H,1H3,(H2,11,12)(H,13,14,16). The van der Waals surface area contributed by atoms with E-state index in [0.29, 0.717) is 5.13 Å². The van der Waals surface area contributed by atoms with Crippen LogP contribution in [0.25, 0.3) is 0 Å². The van der Waals surface area contributed by atoms with Gasteiger partial charge in [0.25, 0.3) is 11.6 Å². The van der Waals surface area contributed by atoms with Crippen molar-refractivity contribution < 1.29 is 9.72 Å². The monoisotopic (exact) mass is 279 g/mol. The average molecular weight is 279 g/mol. The van der Waals surface area contributed by atoms with Crippen LogP contribution in [0.15, 0.2) is 18.5 Å². The van der Waals surface area contributed by atoms with Crippen LogP contribution in [-0.4, -0.2) is 20.8 Å². The summed E-state index contributed by atoms with van der Waals surface area (Å²) in [5.41, 5.74) is 5.19. The van der Waals surface area contributed by atoms with E-state index in [1.54, 1.807) is 6.20 Å². The minimum Gasteiger partial charge on any atom is -0.383 e. The van der Waals surface area contributed by atoms with Gasteiger partial charge in [0.2, 0.25) is 0 Å². The van der Waals surface area contributed by atoms with Crippen molar-refractivity contribution in [1.29, 1.82) is 0 Å². The van der Waals surface area contributed by atoms with Gasteiger partial charge in [-0.3, -0.25) is 20.2 Å². The van der Waals surface area contributed by atoms with Crippen molar-refractivity contribution in [3.8, 4) is 0 Å². The van der Waals surface area contributed by atoms with Crippen molar-refractivity contribution in [3.05, 3.63) is 39.0 Å². The molecule has 2 rings (SSSR count). The molecule has 0 aromatic carbocycles. The van der Waals surface area contributed by atoms with Crippen LogP contribution in [0.4, 0.5) is 16.6 Å². The molecule has 0 unspecified atom stereocenters. The molecule has 2 heterocycles. The van der Waals surface area contributed by atoms with Crippen LogP contribution in [0.2, 0.25) is 0 Å². The quantitative estimate of drug-likeness (QED) is 0.649. The smallest absolute Gasteiger partial charge is 0.288 e. The van der Waals surface area contributed by atoms with E-state index in [1.165, 1.54) is 11.3 Å². The SMILES string of the molecule is Cc1cnc(NC(=O)c2cc([N+](=O)[O-])cnc2N)s1. The molecule has 0 aliphatic carbocycles. The fraction of sp³-hybridized carbons (Fsp3) is 0.100. The summed E-state index contributed by atoms with van der Waals surface area (Å²) in [5.74, 6) is -0.653. The first-order valence-corrected chi connectivity index (χ1v) is 5.92. The minimum absolute atomic E-state index is 0.0537. The molecule has 0 aliphatic heterocycles. The van der Waals surface area contributed by atoms with Gasteiger partial charge in [-0.2, -0.15) is 0 Å². The molecule has 3 N–H and O–H groups in total. The first-order chi connectivity index (χ1) is 8.97. The van der Waals surface area contributed by atoms with Crippen LogP contribution in [-0.2, 0) is 0 Å². The maximum absolute atomic E-state index is 11.9. The summed E-state index contributed by atoms with van der Waals surface area (Å²) in [7, 11) is 0. The summed E-state index contributed by atoms with van der Waals surface area (Å²) in [4.78, 5) is 30.4.